The second kappa shape index (κ2) is 60.3. The van der Waals surface area contributed by atoms with E-state index in [4.69, 9.17) is 0 Å². The molecule has 0 rings (SSSR count). The summed E-state index contributed by atoms with van der Waals surface area (Å²) in [4.78, 5) is 0. The van der Waals surface area contributed by atoms with Crippen molar-refractivity contribution < 1.29 is 19.5 Å². The van der Waals surface area contributed by atoms with E-state index in [1.54, 1.807) is 0 Å². The van der Waals surface area contributed by atoms with Gasteiger partial charge in [-0.1, -0.05) is 0 Å². The molecule has 0 fully saturated rings. The van der Waals surface area contributed by atoms with Crippen molar-refractivity contribution in [3.63, 3.8) is 0 Å². The van der Waals surface area contributed by atoms with E-state index in [0.717, 1.165) is 0 Å². The van der Waals surface area contributed by atoms with Crippen LogP contribution in [0.4, 0.5) is 0 Å². The van der Waals surface area contributed by atoms with Gasteiger partial charge in [-0.2, -0.15) is 0 Å². The molecule has 4 heavy (non-hydrogen) atoms. The Morgan fingerprint density at radius 1 is 1.25 bits per heavy atom. The van der Waals surface area contributed by atoms with Crippen LogP contribution in [0.5, 0.6) is 0 Å². The zero-order valence-corrected chi connectivity index (χ0v) is 4.48. The summed E-state index contributed by atoms with van der Waals surface area (Å²) >= 11 is 0. The van der Waals surface area contributed by atoms with Gasteiger partial charge in [0.05, 0.1) is 0 Å². The van der Waals surface area contributed by atoms with Gasteiger partial charge in [-0.05, 0) is 0 Å². The van der Waals surface area contributed by atoms with Gasteiger partial charge in [-0.15, -0.1) is 12.4 Å². The van der Waals surface area contributed by atoms with Crippen molar-refractivity contribution in [2.75, 3.05) is 0 Å². The quantitative estimate of drug-likeness (QED) is 0.372. The molecule has 0 aromatic heterocycles. The van der Waals surface area contributed by atoms with Crippen LogP contribution < -0.4 is 0 Å². The van der Waals surface area contributed by atoms with Gasteiger partial charge in [0.25, 0.3) is 0 Å². The Balaban J connectivity index is -0.00000000500. The van der Waals surface area contributed by atoms with E-state index in [1.807, 2.05) is 0 Å². The van der Waals surface area contributed by atoms with Crippen molar-refractivity contribution in [2.24, 2.45) is 0 Å². The molecule has 29 valence electrons. The Kier molecular flexibility index (Phi) is 342. The van der Waals surface area contributed by atoms with Crippen molar-refractivity contribution in [1.29, 1.82) is 0 Å². The molecule has 0 saturated heterocycles. The molecule has 0 atom stereocenters. The normalized spacial score (nSPS) is 1.00. The second-order valence-electron chi connectivity index (χ2n) is 0. The summed E-state index contributed by atoms with van der Waals surface area (Å²) < 4.78 is 0. The average molecular weight is 166 g/mol. The minimum absolute atomic E-state index is 0. The third-order valence-corrected chi connectivity index (χ3v) is 0. The maximum absolute atomic E-state index is 4.25. The first-order chi connectivity index (χ1) is 1.00. The third-order valence-electron chi connectivity index (χ3n) is 0. The van der Waals surface area contributed by atoms with Crippen LogP contribution in [0.2, 0.25) is 0 Å². The molecule has 0 aliphatic carbocycles. The number of hydrogen-bond acceptors (Lipinski definition) is 0. The smallest absolute Gasteiger partial charge is 0 e. The van der Waals surface area contributed by atoms with Crippen LogP contribution in [-0.2, 0) is 19.5 Å². The summed E-state index contributed by atoms with van der Waals surface area (Å²) in [5.74, 6) is 0. The van der Waals surface area contributed by atoms with Crippen LogP contribution in [0.3, 0.4) is 0 Å². The monoisotopic (exact) mass is 166 g/mol. The van der Waals surface area contributed by atoms with E-state index in [1.165, 1.54) is 0 Å². The Hall–Kier alpha value is 0.653. The summed E-state index contributed by atoms with van der Waals surface area (Å²) in [6.45, 7) is 7.00. The molecule has 0 amide bonds. The molecule has 0 aliphatic rings. The average Bonchev–Trinajstić information content (AvgIpc) is 1.00. The maximum Gasteiger partial charge on any atom is 0 e. The predicted octanol–water partition coefficient (Wildman–Crippen LogP) is 1.02. The summed E-state index contributed by atoms with van der Waals surface area (Å²) in [5.41, 5.74) is 0. The van der Waals surface area contributed by atoms with Gasteiger partial charge in [-0.25, -0.2) is 0 Å². The minimum Gasteiger partial charge on any atom is -0.521 e. The molecule has 0 heterocycles. The van der Waals surface area contributed by atoms with Crippen LogP contribution in [0, 0.1) is 6.58 Å². The largest absolute Gasteiger partial charge is 0.521 e. The standard InChI is InChI=1S/C2H3.ClH.Rh/c1-2;;/h1H,2H2;1H;/q-1;;. The molecule has 0 aromatic carbocycles. The van der Waals surface area contributed by atoms with Crippen LogP contribution in [0.1, 0.15) is 0 Å². The fourth-order valence-electron chi connectivity index (χ4n) is 0. The zero-order valence-electron chi connectivity index (χ0n) is 2.03. The van der Waals surface area contributed by atoms with Gasteiger partial charge in [-0.3, -0.25) is 6.58 Å². The van der Waals surface area contributed by atoms with Crippen LogP contribution in [0.25, 0.3) is 0 Å². The molecule has 0 nitrogen and oxygen atoms in total. The number of rotatable bonds is 0. The van der Waals surface area contributed by atoms with Gasteiger partial charge < -0.3 is 6.58 Å². The number of halogens is 1. The Morgan fingerprint density at radius 3 is 1.25 bits per heavy atom. The molecule has 1 radical (unpaired) electrons. The van der Waals surface area contributed by atoms with E-state index in [0.29, 0.717) is 0 Å². The summed E-state index contributed by atoms with van der Waals surface area (Å²) in [6, 6.07) is 0. The second-order valence-corrected chi connectivity index (χ2v) is 0. The minimum atomic E-state index is 0. The Labute approximate surface area is 45.5 Å². The fraction of sp³-hybridized carbons (Fsp3) is 0. The molecular formula is C2H4ClRh-. The molecule has 0 aliphatic heterocycles. The first kappa shape index (κ1) is 22.7. The van der Waals surface area contributed by atoms with Gasteiger partial charge in [0.15, 0.2) is 0 Å². The molecule has 0 unspecified atom stereocenters. The first-order valence-corrected chi connectivity index (χ1v) is 0.408. The molecule has 0 saturated carbocycles. The van der Waals surface area contributed by atoms with Crippen molar-refractivity contribution in [1.82, 2.24) is 0 Å². The van der Waals surface area contributed by atoms with E-state index in [-0.39, 0.29) is 31.9 Å². The van der Waals surface area contributed by atoms with E-state index in [2.05, 4.69) is 13.2 Å². The van der Waals surface area contributed by atoms with Gasteiger partial charge >= 0.3 is 0 Å². The first-order valence-electron chi connectivity index (χ1n) is 0.408. The van der Waals surface area contributed by atoms with Gasteiger partial charge in [0.1, 0.15) is 0 Å². The molecular weight excluding hydrogens is 162 g/mol. The molecule has 0 N–H and O–H groups in total. The Morgan fingerprint density at radius 2 is 1.25 bits per heavy atom. The number of hydrogen-bond donors (Lipinski definition) is 0. The summed E-state index contributed by atoms with van der Waals surface area (Å²) in [6.07, 6.45) is 0. The van der Waals surface area contributed by atoms with Crippen LogP contribution >= 0.6 is 12.4 Å². The SMILES string of the molecule is Cl.[CH-]=C.[Rh]. The van der Waals surface area contributed by atoms with E-state index >= 15 is 0 Å². The molecule has 0 aromatic rings. The molecule has 0 spiro atoms. The van der Waals surface area contributed by atoms with Gasteiger partial charge in [0.2, 0.25) is 0 Å². The topological polar surface area (TPSA) is 0 Å². The van der Waals surface area contributed by atoms with Gasteiger partial charge in [0, 0.05) is 19.5 Å². The zero-order chi connectivity index (χ0) is 2.00. The molecule has 0 bridgehead atoms. The van der Waals surface area contributed by atoms with E-state index < -0.39 is 0 Å². The van der Waals surface area contributed by atoms with Crippen LogP contribution in [-0.4, -0.2) is 0 Å². The maximum atomic E-state index is 4.25. The fourth-order valence-corrected chi connectivity index (χ4v) is 0. The predicted molar refractivity (Wildman–Crippen MR) is 17.2 cm³/mol. The van der Waals surface area contributed by atoms with Crippen LogP contribution in [0.15, 0.2) is 6.58 Å². The molecule has 2 heteroatoms. The summed E-state index contributed by atoms with van der Waals surface area (Å²) in [7, 11) is 0. The van der Waals surface area contributed by atoms with Crippen molar-refractivity contribution in [2.45, 2.75) is 0 Å². The van der Waals surface area contributed by atoms with E-state index in [9.17, 15) is 0 Å². The summed E-state index contributed by atoms with van der Waals surface area (Å²) in [5, 5.41) is 0. The Bertz CT molecular complexity index is 6.00. The van der Waals surface area contributed by atoms with Crippen molar-refractivity contribution in [3.05, 3.63) is 13.2 Å². The third kappa shape index (κ3) is 17.0. The van der Waals surface area contributed by atoms with Crippen molar-refractivity contribution >= 4 is 12.4 Å². The van der Waals surface area contributed by atoms with Crippen molar-refractivity contribution in [3.8, 4) is 0 Å².